The van der Waals surface area contributed by atoms with E-state index in [2.05, 4.69) is 19.2 Å². The Morgan fingerprint density at radius 3 is 2.67 bits per heavy atom. The average molecular weight is 286 g/mol. The number of carbonyl (C=O) groups excluding carboxylic acids is 3. The molecular weight excluding hydrogens is 268 g/mol. The molecule has 1 aromatic rings. The van der Waals surface area contributed by atoms with Crippen molar-refractivity contribution in [3.8, 4) is 0 Å². The minimum absolute atomic E-state index is 0.109. The van der Waals surface area contributed by atoms with E-state index in [0.29, 0.717) is 24.4 Å². The molecule has 3 amide bonds. The molecule has 0 aromatic heterocycles. The van der Waals surface area contributed by atoms with Crippen LogP contribution in [0.15, 0.2) is 18.2 Å². The summed E-state index contributed by atoms with van der Waals surface area (Å²) in [6, 6.07) is 5.39. The maximum atomic E-state index is 12.6. The summed E-state index contributed by atoms with van der Waals surface area (Å²) in [5.74, 6) is -0.381. The van der Waals surface area contributed by atoms with Gasteiger partial charge in [-0.1, -0.05) is 26.0 Å². The molecule has 110 valence electrons. The highest BCUT2D eigenvalue weighted by atomic mass is 16.2. The lowest BCUT2D eigenvalue weighted by molar-refractivity contribution is -0.136. The summed E-state index contributed by atoms with van der Waals surface area (Å²) in [6.07, 6.45) is 0.690. The van der Waals surface area contributed by atoms with Crippen molar-refractivity contribution in [2.75, 3.05) is 0 Å². The molecule has 1 saturated heterocycles. The molecule has 5 nitrogen and oxygen atoms in total. The van der Waals surface area contributed by atoms with Gasteiger partial charge in [-0.15, -0.1) is 0 Å². The van der Waals surface area contributed by atoms with Crippen LogP contribution in [0.3, 0.4) is 0 Å². The van der Waals surface area contributed by atoms with Gasteiger partial charge in [0.15, 0.2) is 0 Å². The lowest BCUT2D eigenvalue weighted by Gasteiger charge is -2.29. The SMILES string of the molecule is CC(C)c1ccc2c(c1)C(=O)N(C1CCC(=O)NC1=O)C2. The number of hydrogen-bond acceptors (Lipinski definition) is 3. The molecular formula is C16H18N2O3. The Labute approximate surface area is 123 Å². The predicted octanol–water partition coefficient (Wildman–Crippen LogP) is 1.57. The third-order valence-corrected chi connectivity index (χ3v) is 4.22. The van der Waals surface area contributed by atoms with Crippen LogP contribution in [0.25, 0.3) is 0 Å². The molecule has 1 aromatic carbocycles. The van der Waals surface area contributed by atoms with E-state index in [-0.39, 0.29) is 24.1 Å². The number of imide groups is 1. The third kappa shape index (κ3) is 2.33. The zero-order valence-electron chi connectivity index (χ0n) is 12.2. The molecule has 3 rings (SSSR count). The van der Waals surface area contributed by atoms with Gasteiger partial charge in [0.1, 0.15) is 6.04 Å². The number of nitrogens with one attached hydrogen (secondary N) is 1. The van der Waals surface area contributed by atoms with Crippen molar-refractivity contribution >= 4 is 17.7 Å². The van der Waals surface area contributed by atoms with E-state index in [1.807, 2.05) is 18.2 Å². The van der Waals surface area contributed by atoms with E-state index >= 15 is 0 Å². The molecule has 0 saturated carbocycles. The number of carbonyl (C=O) groups is 3. The smallest absolute Gasteiger partial charge is 0.255 e. The van der Waals surface area contributed by atoms with Crippen molar-refractivity contribution < 1.29 is 14.4 Å². The number of benzene rings is 1. The summed E-state index contributed by atoms with van der Waals surface area (Å²) in [7, 11) is 0. The molecule has 2 aliphatic rings. The van der Waals surface area contributed by atoms with Gasteiger partial charge in [0.25, 0.3) is 5.91 Å². The van der Waals surface area contributed by atoms with Gasteiger partial charge in [-0.25, -0.2) is 0 Å². The van der Waals surface area contributed by atoms with Gasteiger partial charge in [-0.05, 0) is 29.5 Å². The van der Waals surface area contributed by atoms with E-state index in [1.165, 1.54) is 0 Å². The average Bonchev–Trinajstić information content (AvgIpc) is 2.75. The third-order valence-electron chi connectivity index (χ3n) is 4.22. The van der Waals surface area contributed by atoms with Crippen molar-refractivity contribution in [3.05, 3.63) is 34.9 Å². The number of rotatable bonds is 2. The van der Waals surface area contributed by atoms with E-state index in [9.17, 15) is 14.4 Å². The van der Waals surface area contributed by atoms with Crippen molar-refractivity contribution in [1.29, 1.82) is 0 Å². The Morgan fingerprint density at radius 2 is 2.00 bits per heavy atom. The predicted molar refractivity (Wildman–Crippen MR) is 76.6 cm³/mol. The summed E-state index contributed by atoms with van der Waals surface area (Å²) in [5.41, 5.74) is 2.76. The van der Waals surface area contributed by atoms with Gasteiger partial charge >= 0.3 is 0 Å². The van der Waals surface area contributed by atoms with Gasteiger partial charge in [0.05, 0.1) is 0 Å². The molecule has 2 heterocycles. The highest BCUT2D eigenvalue weighted by molar-refractivity contribution is 6.05. The van der Waals surface area contributed by atoms with Gasteiger partial charge in [0.2, 0.25) is 11.8 Å². The minimum Gasteiger partial charge on any atom is -0.322 e. The van der Waals surface area contributed by atoms with Gasteiger partial charge in [-0.2, -0.15) is 0 Å². The number of piperidine rings is 1. The van der Waals surface area contributed by atoms with Gasteiger partial charge in [-0.3, -0.25) is 19.7 Å². The van der Waals surface area contributed by atoms with Crippen LogP contribution in [0.2, 0.25) is 0 Å². The molecule has 1 unspecified atom stereocenters. The van der Waals surface area contributed by atoms with E-state index in [1.54, 1.807) is 4.90 Å². The molecule has 5 heteroatoms. The van der Waals surface area contributed by atoms with Crippen LogP contribution in [-0.4, -0.2) is 28.7 Å². The molecule has 1 atom stereocenters. The van der Waals surface area contributed by atoms with Crippen molar-refractivity contribution in [3.63, 3.8) is 0 Å². The highest BCUT2D eigenvalue weighted by Gasteiger charge is 2.39. The molecule has 0 bridgehead atoms. The number of nitrogens with zero attached hydrogens (tertiary/aromatic N) is 1. The van der Waals surface area contributed by atoms with Crippen LogP contribution in [0, 0.1) is 0 Å². The Kier molecular flexibility index (Phi) is 3.27. The second-order valence-electron chi connectivity index (χ2n) is 5.97. The second-order valence-corrected chi connectivity index (χ2v) is 5.97. The van der Waals surface area contributed by atoms with Crippen LogP contribution in [0.5, 0.6) is 0 Å². The normalized spacial score (nSPS) is 21.8. The van der Waals surface area contributed by atoms with Gasteiger partial charge < -0.3 is 4.90 Å². The first-order chi connectivity index (χ1) is 9.97. The summed E-state index contributed by atoms with van der Waals surface area (Å²) in [6.45, 7) is 4.61. The van der Waals surface area contributed by atoms with Crippen LogP contribution in [-0.2, 0) is 16.1 Å². The molecule has 0 aliphatic carbocycles. The lowest BCUT2D eigenvalue weighted by Crippen LogP contribution is -2.52. The van der Waals surface area contributed by atoms with Crippen molar-refractivity contribution in [1.82, 2.24) is 10.2 Å². The van der Waals surface area contributed by atoms with Crippen molar-refractivity contribution in [2.45, 2.75) is 45.2 Å². The standard InChI is InChI=1S/C16H18N2O3/c1-9(2)10-3-4-11-8-18(16(21)12(11)7-10)13-5-6-14(19)17-15(13)20/h3-4,7,9,13H,5-6,8H2,1-2H3,(H,17,19,20). The Bertz CT molecular complexity index is 636. The molecule has 21 heavy (non-hydrogen) atoms. The molecule has 2 aliphatic heterocycles. The highest BCUT2D eigenvalue weighted by Crippen LogP contribution is 2.29. The van der Waals surface area contributed by atoms with Crippen LogP contribution >= 0.6 is 0 Å². The Balaban J connectivity index is 1.87. The molecule has 1 fully saturated rings. The lowest BCUT2D eigenvalue weighted by atomic mass is 9.98. The van der Waals surface area contributed by atoms with Crippen LogP contribution in [0.1, 0.15) is 54.1 Å². The molecule has 0 radical (unpaired) electrons. The quantitative estimate of drug-likeness (QED) is 0.839. The number of hydrogen-bond donors (Lipinski definition) is 1. The maximum Gasteiger partial charge on any atom is 0.255 e. The summed E-state index contributed by atoms with van der Waals surface area (Å²) in [5, 5.41) is 2.31. The van der Waals surface area contributed by atoms with E-state index < -0.39 is 6.04 Å². The number of amides is 3. The first-order valence-corrected chi connectivity index (χ1v) is 7.25. The Hall–Kier alpha value is -2.17. The zero-order valence-corrected chi connectivity index (χ0v) is 12.2. The molecule has 1 N–H and O–H groups in total. The summed E-state index contributed by atoms with van der Waals surface area (Å²) < 4.78 is 0. The Morgan fingerprint density at radius 1 is 1.24 bits per heavy atom. The monoisotopic (exact) mass is 286 g/mol. The summed E-state index contributed by atoms with van der Waals surface area (Å²) >= 11 is 0. The van der Waals surface area contributed by atoms with E-state index in [4.69, 9.17) is 0 Å². The van der Waals surface area contributed by atoms with Crippen LogP contribution in [0.4, 0.5) is 0 Å². The largest absolute Gasteiger partial charge is 0.322 e. The first kappa shape index (κ1) is 13.8. The fraction of sp³-hybridized carbons (Fsp3) is 0.438. The minimum atomic E-state index is -0.537. The number of fused-ring (bicyclic) bond motifs is 1. The van der Waals surface area contributed by atoms with Crippen molar-refractivity contribution in [2.24, 2.45) is 0 Å². The van der Waals surface area contributed by atoms with Gasteiger partial charge in [0, 0.05) is 18.5 Å². The fourth-order valence-electron chi connectivity index (χ4n) is 2.93. The topological polar surface area (TPSA) is 66.5 Å². The maximum absolute atomic E-state index is 12.6. The zero-order chi connectivity index (χ0) is 15.1. The molecule has 0 spiro atoms. The van der Waals surface area contributed by atoms with E-state index in [0.717, 1.165) is 11.1 Å². The second kappa shape index (κ2) is 4.98. The summed E-state index contributed by atoms with van der Waals surface area (Å²) in [4.78, 5) is 37.3. The van der Waals surface area contributed by atoms with Crippen LogP contribution < -0.4 is 5.32 Å². The fourth-order valence-corrected chi connectivity index (χ4v) is 2.93. The first-order valence-electron chi connectivity index (χ1n) is 7.25.